The van der Waals surface area contributed by atoms with Crippen molar-refractivity contribution in [3.63, 3.8) is 0 Å². The molecule has 0 bridgehead atoms. The maximum atomic E-state index is 12.4. The third-order valence-electron chi connectivity index (χ3n) is 5.23. The molecule has 7 heteroatoms. The summed E-state index contributed by atoms with van der Waals surface area (Å²) in [5.41, 5.74) is 1.79. The molecule has 0 radical (unpaired) electrons. The SMILES string of the molecule is O=C(NCCC(=O)N1CCN(Cc2ccc3c(c2)OCO3)CC1)c1ccccc1. The fourth-order valence-corrected chi connectivity index (χ4v) is 3.59. The van der Waals surface area contributed by atoms with Crippen LogP contribution >= 0.6 is 0 Å². The average Bonchev–Trinajstić information content (AvgIpc) is 3.22. The van der Waals surface area contributed by atoms with Gasteiger partial charge in [-0.15, -0.1) is 0 Å². The standard InChI is InChI=1S/C22H25N3O4/c26-21(8-9-23-22(27)18-4-2-1-3-5-18)25-12-10-24(11-13-25)15-17-6-7-19-20(14-17)29-16-28-19/h1-7,14H,8-13,15-16H2,(H,23,27). The van der Waals surface area contributed by atoms with Gasteiger partial charge in [-0.2, -0.15) is 0 Å². The zero-order valence-electron chi connectivity index (χ0n) is 16.3. The minimum Gasteiger partial charge on any atom is -0.454 e. The van der Waals surface area contributed by atoms with Gasteiger partial charge in [0.1, 0.15) is 0 Å². The zero-order chi connectivity index (χ0) is 20.1. The first-order chi connectivity index (χ1) is 14.2. The Morgan fingerprint density at radius 1 is 0.931 bits per heavy atom. The second-order valence-electron chi connectivity index (χ2n) is 7.22. The fraction of sp³-hybridized carbons (Fsp3) is 0.364. The predicted molar refractivity (Wildman–Crippen MR) is 108 cm³/mol. The second-order valence-corrected chi connectivity index (χ2v) is 7.22. The van der Waals surface area contributed by atoms with Gasteiger partial charge in [0.2, 0.25) is 12.7 Å². The Bertz CT molecular complexity index is 864. The van der Waals surface area contributed by atoms with E-state index in [9.17, 15) is 9.59 Å². The molecule has 152 valence electrons. The summed E-state index contributed by atoms with van der Waals surface area (Å²) in [5.74, 6) is 1.53. The molecule has 2 aromatic rings. The van der Waals surface area contributed by atoms with Crippen LogP contribution < -0.4 is 14.8 Å². The molecule has 2 heterocycles. The van der Waals surface area contributed by atoms with E-state index in [0.29, 0.717) is 31.6 Å². The number of nitrogens with zero attached hydrogens (tertiary/aromatic N) is 2. The Morgan fingerprint density at radius 3 is 2.48 bits per heavy atom. The molecule has 2 amide bonds. The number of ether oxygens (including phenoxy) is 2. The Morgan fingerprint density at radius 2 is 1.69 bits per heavy atom. The van der Waals surface area contributed by atoms with Gasteiger partial charge >= 0.3 is 0 Å². The summed E-state index contributed by atoms with van der Waals surface area (Å²) in [6.07, 6.45) is 0.320. The van der Waals surface area contributed by atoms with Crippen LogP contribution in [0.2, 0.25) is 0 Å². The topological polar surface area (TPSA) is 71.1 Å². The number of carbonyl (C=O) groups is 2. The average molecular weight is 395 g/mol. The molecule has 0 aromatic heterocycles. The van der Waals surface area contributed by atoms with Crippen LogP contribution in [-0.2, 0) is 11.3 Å². The summed E-state index contributed by atoms with van der Waals surface area (Å²) >= 11 is 0. The van der Waals surface area contributed by atoms with Crippen molar-refractivity contribution in [2.75, 3.05) is 39.5 Å². The van der Waals surface area contributed by atoms with Gasteiger partial charge in [0.25, 0.3) is 5.91 Å². The van der Waals surface area contributed by atoms with Crippen molar-refractivity contribution in [1.82, 2.24) is 15.1 Å². The van der Waals surface area contributed by atoms with E-state index < -0.39 is 0 Å². The lowest BCUT2D eigenvalue weighted by atomic mass is 10.1. The van der Waals surface area contributed by atoms with Crippen LogP contribution in [0.4, 0.5) is 0 Å². The molecular weight excluding hydrogens is 370 g/mol. The number of fused-ring (bicyclic) bond motifs is 1. The van der Waals surface area contributed by atoms with Crippen molar-refractivity contribution in [3.05, 3.63) is 59.7 Å². The van der Waals surface area contributed by atoms with E-state index in [1.165, 1.54) is 5.56 Å². The van der Waals surface area contributed by atoms with Crippen LogP contribution in [0, 0.1) is 0 Å². The van der Waals surface area contributed by atoms with Gasteiger partial charge in [-0.1, -0.05) is 24.3 Å². The lowest BCUT2D eigenvalue weighted by Crippen LogP contribution is -2.48. The summed E-state index contributed by atoms with van der Waals surface area (Å²) in [7, 11) is 0. The molecule has 0 aliphatic carbocycles. The van der Waals surface area contributed by atoms with Crippen LogP contribution in [0.25, 0.3) is 0 Å². The number of rotatable bonds is 6. The van der Waals surface area contributed by atoms with Crippen LogP contribution in [0.1, 0.15) is 22.3 Å². The molecule has 0 unspecified atom stereocenters. The van der Waals surface area contributed by atoms with Gasteiger partial charge in [-0.3, -0.25) is 14.5 Å². The number of carbonyl (C=O) groups excluding carboxylic acids is 2. The Kier molecular flexibility index (Phi) is 5.95. The first kappa shape index (κ1) is 19.3. The lowest BCUT2D eigenvalue weighted by Gasteiger charge is -2.34. The van der Waals surface area contributed by atoms with E-state index in [1.54, 1.807) is 12.1 Å². The van der Waals surface area contributed by atoms with Gasteiger partial charge in [0, 0.05) is 51.3 Å². The van der Waals surface area contributed by atoms with Gasteiger partial charge < -0.3 is 19.7 Å². The van der Waals surface area contributed by atoms with E-state index in [0.717, 1.165) is 31.1 Å². The minimum atomic E-state index is -0.146. The van der Waals surface area contributed by atoms with Crippen LogP contribution in [0.5, 0.6) is 11.5 Å². The smallest absolute Gasteiger partial charge is 0.251 e. The zero-order valence-corrected chi connectivity index (χ0v) is 16.3. The number of nitrogens with one attached hydrogen (secondary N) is 1. The van der Waals surface area contributed by atoms with Gasteiger partial charge in [0.15, 0.2) is 11.5 Å². The van der Waals surface area contributed by atoms with E-state index in [-0.39, 0.29) is 18.6 Å². The molecule has 4 rings (SSSR count). The number of piperazine rings is 1. The van der Waals surface area contributed by atoms with Crippen molar-refractivity contribution in [3.8, 4) is 11.5 Å². The number of hydrogen-bond acceptors (Lipinski definition) is 5. The monoisotopic (exact) mass is 395 g/mol. The second kappa shape index (κ2) is 8.96. The highest BCUT2D eigenvalue weighted by Gasteiger charge is 2.22. The Hall–Kier alpha value is -3.06. The molecule has 2 aliphatic heterocycles. The van der Waals surface area contributed by atoms with Crippen molar-refractivity contribution < 1.29 is 19.1 Å². The summed E-state index contributed by atoms with van der Waals surface area (Å²) < 4.78 is 10.8. The maximum Gasteiger partial charge on any atom is 0.251 e. The molecule has 0 spiro atoms. The highest BCUT2D eigenvalue weighted by atomic mass is 16.7. The Labute approximate surface area is 170 Å². The molecule has 1 N–H and O–H groups in total. The lowest BCUT2D eigenvalue weighted by molar-refractivity contribution is -0.132. The summed E-state index contributed by atoms with van der Waals surface area (Å²) in [6.45, 7) is 4.53. The van der Waals surface area contributed by atoms with E-state index in [4.69, 9.17) is 9.47 Å². The molecule has 7 nitrogen and oxygen atoms in total. The predicted octanol–water partition coefficient (Wildman–Crippen LogP) is 1.88. The quantitative estimate of drug-likeness (QED) is 0.809. The maximum absolute atomic E-state index is 12.4. The van der Waals surface area contributed by atoms with Crippen molar-refractivity contribution in [1.29, 1.82) is 0 Å². The largest absolute Gasteiger partial charge is 0.454 e. The number of hydrogen-bond donors (Lipinski definition) is 1. The fourth-order valence-electron chi connectivity index (χ4n) is 3.59. The third-order valence-corrected chi connectivity index (χ3v) is 5.23. The number of benzene rings is 2. The first-order valence-electron chi connectivity index (χ1n) is 9.91. The van der Waals surface area contributed by atoms with Crippen LogP contribution in [-0.4, -0.2) is 61.1 Å². The van der Waals surface area contributed by atoms with Crippen molar-refractivity contribution in [2.45, 2.75) is 13.0 Å². The third kappa shape index (κ3) is 4.86. The minimum absolute atomic E-state index is 0.0843. The molecule has 29 heavy (non-hydrogen) atoms. The van der Waals surface area contributed by atoms with Crippen molar-refractivity contribution >= 4 is 11.8 Å². The summed E-state index contributed by atoms with van der Waals surface area (Å²) in [4.78, 5) is 28.7. The van der Waals surface area contributed by atoms with Crippen molar-refractivity contribution in [2.24, 2.45) is 0 Å². The molecule has 1 fully saturated rings. The highest BCUT2D eigenvalue weighted by molar-refractivity contribution is 5.94. The van der Waals surface area contributed by atoms with Crippen LogP contribution in [0.3, 0.4) is 0 Å². The summed E-state index contributed by atoms with van der Waals surface area (Å²) in [5, 5.41) is 2.81. The number of amides is 2. The molecule has 2 aromatic carbocycles. The normalized spacial score (nSPS) is 15.9. The highest BCUT2D eigenvalue weighted by Crippen LogP contribution is 2.32. The van der Waals surface area contributed by atoms with Gasteiger partial charge in [-0.25, -0.2) is 0 Å². The molecule has 2 aliphatic rings. The molecule has 1 saturated heterocycles. The summed E-state index contributed by atoms with van der Waals surface area (Å²) in [6, 6.07) is 15.1. The molecule has 0 atom stereocenters. The van der Waals surface area contributed by atoms with E-state index in [2.05, 4.69) is 16.3 Å². The Balaban J connectivity index is 1.18. The van der Waals surface area contributed by atoms with E-state index in [1.807, 2.05) is 35.2 Å². The first-order valence-corrected chi connectivity index (χ1v) is 9.91. The molecule has 0 saturated carbocycles. The van der Waals surface area contributed by atoms with Gasteiger partial charge in [0.05, 0.1) is 0 Å². The molecular formula is C22H25N3O4. The van der Waals surface area contributed by atoms with Gasteiger partial charge in [-0.05, 0) is 29.8 Å². The van der Waals surface area contributed by atoms with Crippen LogP contribution in [0.15, 0.2) is 48.5 Å². The van der Waals surface area contributed by atoms with E-state index >= 15 is 0 Å².